The molecule has 0 bridgehead atoms. The third kappa shape index (κ3) is 4.12. The highest BCUT2D eigenvalue weighted by atomic mass is 16.7. The average Bonchev–Trinajstić information content (AvgIpc) is 3.06. The van der Waals surface area contributed by atoms with Crippen LogP contribution in [0.15, 0.2) is 94.9 Å². The first-order valence-corrected chi connectivity index (χ1v) is 11.3. The molecule has 1 fully saturated rings. The van der Waals surface area contributed by atoms with Crippen LogP contribution in [0.2, 0.25) is 0 Å². The molecule has 166 valence electrons. The summed E-state index contributed by atoms with van der Waals surface area (Å²) in [5, 5.41) is 3.54. The van der Waals surface area contributed by atoms with Gasteiger partial charge in [0, 0.05) is 11.1 Å². The number of nitrogens with zero attached hydrogens (tertiary/aromatic N) is 2. The smallest absolute Gasteiger partial charge is 0.399 e. The van der Waals surface area contributed by atoms with E-state index in [4.69, 9.17) is 19.3 Å². The lowest BCUT2D eigenvalue weighted by Crippen LogP contribution is -2.41. The molecule has 5 nitrogen and oxygen atoms in total. The van der Waals surface area contributed by atoms with Gasteiger partial charge in [-0.3, -0.25) is 0 Å². The summed E-state index contributed by atoms with van der Waals surface area (Å²) in [7, 11) is -0.470. The third-order valence-electron chi connectivity index (χ3n) is 6.62. The first kappa shape index (κ1) is 21.6. The Hall–Kier alpha value is -3.22. The topological polar surface area (TPSA) is 55.2 Å². The molecule has 3 aromatic carbocycles. The Labute approximate surface area is 195 Å². The molecule has 1 N–H and O–H groups in total. The molecule has 5 rings (SSSR count). The molecule has 33 heavy (non-hydrogen) atoms. The zero-order valence-electron chi connectivity index (χ0n) is 19.4. The number of benzene rings is 3. The van der Waals surface area contributed by atoms with Gasteiger partial charge in [0.05, 0.1) is 11.2 Å². The largest absolute Gasteiger partial charge is 0.495 e. The molecule has 1 saturated heterocycles. The van der Waals surface area contributed by atoms with E-state index in [1.807, 2.05) is 60.7 Å². The standard InChI is InChI=1S/C27H28BN3O2/c1-26(2)27(3,4)33-28(32-26)22-18-12-11-17-21(22)25-30-23(19-13-7-5-8-14-19)29-24(31-25)20-15-9-6-10-16-20/h5-18,25H,1-4H3,(H,29,30,31). The zero-order chi connectivity index (χ0) is 23.1. The zero-order valence-corrected chi connectivity index (χ0v) is 19.4. The Morgan fingerprint density at radius 1 is 0.727 bits per heavy atom. The van der Waals surface area contributed by atoms with E-state index in [9.17, 15) is 0 Å². The van der Waals surface area contributed by atoms with Crippen molar-refractivity contribution in [3.63, 3.8) is 0 Å². The molecule has 0 aromatic heterocycles. The molecule has 2 aliphatic rings. The van der Waals surface area contributed by atoms with Gasteiger partial charge in [0.1, 0.15) is 12.0 Å². The molecule has 1 unspecified atom stereocenters. The van der Waals surface area contributed by atoms with Crippen LogP contribution in [0.1, 0.15) is 50.6 Å². The molecule has 0 aliphatic carbocycles. The molecule has 0 radical (unpaired) electrons. The van der Waals surface area contributed by atoms with Crippen molar-refractivity contribution < 1.29 is 9.31 Å². The number of hydrogen-bond donors (Lipinski definition) is 1. The lowest BCUT2D eigenvalue weighted by atomic mass is 9.75. The van der Waals surface area contributed by atoms with Gasteiger partial charge in [0.2, 0.25) is 0 Å². The number of amidine groups is 2. The Kier molecular flexibility index (Phi) is 5.43. The maximum absolute atomic E-state index is 6.38. The van der Waals surface area contributed by atoms with Crippen LogP contribution in [0.5, 0.6) is 0 Å². The summed E-state index contributed by atoms with van der Waals surface area (Å²) in [4.78, 5) is 9.87. The highest BCUT2D eigenvalue weighted by Crippen LogP contribution is 2.37. The highest BCUT2D eigenvalue weighted by Gasteiger charge is 2.52. The van der Waals surface area contributed by atoms with E-state index in [0.717, 1.165) is 28.0 Å². The van der Waals surface area contributed by atoms with Gasteiger partial charge in [0.15, 0.2) is 5.84 Å². The fourth-order valence-corrected chi connectivity index (χ4v) is 4.01. The second-order valence-corrected chi connectivity index (χ2v) is 9.41. The van der Waals surface area contributed by atoms with Crippen LogP contribution in [-0.4, -0.2) is 30.0 Å². The Balaban J connectivity index is 1.57. The predicted molar refractivity (Wildman–Crippen MR) is 134 cm³/mol. The molecule has 0 saturated carbocycles. The number of hydrogen-bond acceptors (Lipinski definition) is 5. The Bertz CT molecular complexity index is 1190. The first-order chi connectivity index (χ1) is 15.8. The Morgan fingerprint density at radius 3 is 1.91 bits per heavy atom. The van der Waals surface area contributed by atoms with Crippen molar-refractivity contribution in [3.05, 3.63) is 102 Å². The van der Waals surface area contributed by atoms with Gasteiger partial charge < -0.3 is 14.6 Å². The summed E-state index contributed by atoms with van der Waals surface area (Å²) < 4.78 is 12.8. The van der Waals surface area contributed by atoms with Crippen LogP contribution < -0.4 is 10.8 Å². The second kappa shape index (κ2) is 8.29. The summed E-state index contributed by atoms with van der Waals surface area (Å²) in [6.45, 7) is 8.28. The van der Waals surface area contributed by atoms with E-state index >= 15 is 0 Å². The minimum atomic E-state index is -0.470. The summed E-state index contributed by atoms with van der Waals surface area (Å²) in [6, 6.07) is 28.4. The van der Waals surface area contributed by atoms with Gasteiger partial charge in [-0.25, -0.2) is 9.98 Å². The molecule has 0 spiro atoms. The van der Waals surface area contributed by atoms with Crippen LogP contribution in [0.4, 0.5) is 0 Å². The average molecular weight is 437 g/mol. The molecule has 0 amide bonds. The van der Waals surface area contributed by atoms with E-state index in [-0.39, 0.29) is 6.17 Å². The Morgan fingerprint density at radius 2 is 1.27 bits per heavy atom. The molecule has 2 heterocycles. The predicted octanol–water partition coefficient (Wildman–Crippen LogP) is 4.48. The fourth-order valence-electron chi connectivity index (χ4n) is 4.01. The van der Waals surface area contributed by atoms with Crippen molar-refractivity contribution in [1.82, 2.24) is 5.32 Å². The van der Waals surface area contributed by atoms with Gasteiger partial charge in [-0.1, -0.05) is 84.9 Å². The van der Waals surface area contributed by atoms with Crippen molar-refractivity contribution in [2.45, 2.75) is 45.1 Å². The highest BCUT2D eigenvalue weighted by molar-refractivity contribution is 6.62. The van der Waals surface area contributed by atoms with Gasteiger partial charge in [-0.05, 0) is 38.7 Å². The molecule has 3 aromatic rings. The minimum Gasteiger partial charge on any atom is -0.399 e. The molecular weight excluding hydrogens is 409 g/mol. The van der Waals surface area contributed by atoms with Gasteiger partial charge in [-0.2, -0.15) is 0 Å². The van der Waals surface area contributed by atoms with E-state index in [0.29, 0.717) is 5.84 Å². The first-order valence-electron chi connectivity index (χ1n) is 11.3. The normalized spacial score (nSPS) is 21.2. The summed E-state index contributed by atoms with van der Waals surface area (Å²) in [5.41, 5.74) is 3.14. The van der Waals surface area contributed by atoms with E-state index in [1.54, 1.807) is 0 Å². The van der Waals surface area contributed by atoms with Crippen molar-refractivity contribution in [2.75, 3.05) is 0 Å². The van der Waals surface area contributed by atoms with Crippen LogP contribution in [0.25, 0.3) is 0 Å². The van der Waals surface area contributed by atoms with Gasteiger partial charge >= 0.3 is 7.12 Å². The van der Waals surface area contributed by atoms with Crippen molar-refractivity contribution in [1.29, 1.82) is 0 Å². The maximum Gasteiger partial charge on any atom is 0.495 e. The maximum atomic E-state index is 6.38. The van der Waals surface area contributed by atoms with Gasteiger partial charge in [0.25, 0.3) is 0 Å². The van der Waals surface area contributed by atoms with Gasteiger partial charge in [-0.15, -0.1) is 0 Å². The lowest BCUT2D eigenvalue weighted by Gasteiger charge is -2.32. The molecular formula is C27H28BN3O2. The van der Waals surface area contributed by atoms with Crippen molar-refractivity contribution in [3.8, 4) is 0 Å². The number of rotatable bonds is 4. The summed E-state index contributed by atoms with van der Waals surface area (Å²) in [6.07, 6.45) is -0.330. The van der Waals surface area contributed by atoms with E-state index in [1.165, 1.54) is 0 Å². The molecule has 2 aliphatic heterocycles. The summed E-state index contributed by atoms with van der Waals surface area (Å²) >= 11 is 0. The minimum absolute atomic E-state index is 0.330. The number of aliphatic imine (C=N–C) groups is 2. The quantitative estimate of drug-likeness (QED) is 0.613. The fraction of sp³-hybridized carbons (Fsp3) is 0.259. The van der Waals surface area contributed by atoms with Crippen LogP contribution in [0.3, 0.4) is 0 Å². The van der Waals surface area contributed by atoms with E-state index < -0.39 is 18.3 Å². The lowest BCUT2D eigenvalue weighted by molar-refractivity contribution is 0.00578. The summed E-state index contributed by atoms with van der Waals surface area (Å²) in [5.74, 6) is 1.49. The van der Waals surface area contributed by atoms with Crippen LogP contribution in [-0.2, 0) is 9.31 Å². The molecule has 6 heteroatoms. The van der Waals surface area contributed by atoms with Crippen molar-refractivity contribution in [2.24, 2.45) is 9.98 Å². The van der Waals surface area contributed by atoms with E-state index in [2.05, 4.69) is 57.3 Å². The second-order valence-electron chi connectivity index (χ2n) is 9.41. The monoisotopic (exact) mass is 437 g/mol. The number of nitrogens with one attached hydrogen (secondary N) is 1. The molecule has 1 atom stereocenters. The van der Waals surface area contributed by atoms with Crippen LogP contribution in [0, 0.1) is 0 Å². The van der Waals surface area contributed by atoms with Crippen molar-refractivity contribution >= 4 is 24.3 Å². The SMILES string of the molecule is CC1(C)OB(c2ccccc2C2N=C(c3ccccc3)N=C(c3ccccc3)N2)OC1(C)C. The van der Waals surface area contributed by atoms with Crippen LogP contribution >= 0.6 is 0 Å². The third-order valence-corrected chi connectivity index (χ3v) is 6.62.